The third-order valence-corrected chi connectivity index (χ3v) is 4.34. The molecule has 0 fully saturated rings. The zero-order valence-electron chi connectivity index (χ0n) is 13.8. The van der Waals surface area contributed by atoms with E-state index in [-0.39, 0.29) is 6.61 Å². The third-order valence-electron chi connectivity index (χ3n) is 4.34. The van der Waals surface area contributed by atoms with Gasteiger partial charge in [0.05, 0.1) is 6.61 Å². The molecule has 0 radical (unpaired) electrons. The first-order chi connectivity index (χ1) is 11.1. The number of carboxylic acid groups (broad SMARTS) is 1. The summed E-state index contributed by atoms with van der Waals surface area (Å²) in [5, 5.41) is 8.52. The molecule has 2 aromatic rings. The quantitative estimate of drug-likeness (QED) is 0.557. The van der Waals surface area contributed by atoms with Gasteiger partial charge in [-0.3, -0.25) is 0 Å². The van der Waals surface area contributed by atoms with Gasteiger partial charge in [0, 0.05) is 5.92 Å². The maximum absolute atomic E-state index is 10.4. The van der Waals surface area contributed by atoms with Crippen molar-refractivity contribution in [3.63, 3.8) is 0 Å². The summed E-state index contributed by atoms with van der Waals surface area (Å²) in [4.78, 5) is 10.4. The maximum Gasteiger partial charge on any atom is 0.505 e. The smallest absolute Gasteiger partial charge is 0.450 e. The van der Waals surface area contributed by atoms with Crippen LogP contribution < -0.4 is 0 Å². The molecular weight excluding hydrogens is 288 g/mol. The molecule has 3 heteroatoms. The van der Waals surface area contributed by atoms with Gasteiger partial charge in [0.1, 0.15) is 0 Å². The van der Waals surface area contributed by atoms with Crippen LogP contribution in [0.4, 0.5) is 4.79 Å². The predicted molar refractivity (Wildman–Crippen MR) is 92.0 cm³/mol. The zero-order chi connectivity index (χ0) is 16.7. The number of unbranched alkanes of at least 4 members (excludes halogenated alkanes) is 1. The van der Waals surface area contributed by atoms with Crippen molar-refractivity contribution < 1.29 is 14.6 Å². The second-order valence-corrected chi connectivity index (χ2v) is 5.86. The van der Waals surface area contributed by atoms with E-state index in [1.807, 2.05) is 6.07 Å². The zero-order valence-corrected chi connectivity index (χ0v) is 13.8. The van der Waals surface area contributed by atoms with Gasteiger partial charge in [-0.05, 0) is 55.4 Å². The van der Waals surface area contributed by atoms with Gasteiger partial charge in [-0.15, -0.1) is 0 Å². The van der Waals surface area contributed by atoms with Crippen LogP contribution in [0.2, 0.25) is 0 Å². The van der Waals surface area contributed by atoms with Crippen molar-refractivity contribution in [2.75, 3.05) is 6.61 Å². The van der Waals surface area contributed by atoms with Gasteiger partial charge in [0.15, 0.2) is 0 Å². The van der Waals surface area contributed by atoms with E-state index in [9.17, 15) is 4.79 Å². The fraction of sp³-hybridized carbons (Fsp3) is 0.350. The van der Waals surface area contributed by atoms with E-state index in [0.29, 0.717) is 5.92 Å². The lowest BCUT2D eigenvalue weighted by Crippen LogP contribution is -2.06. The Morgan fingerprint density at radius 3 is 2.48 bits per heavy atom. The summed E-state index contributed by atoms with van der Waals surface area (Å²) < 4.78 is 4.59. The van der Waals surface area contributed by atoms with Crippen molar-refractivity contribution in [2.24, 2.45) is 0 Å². The summed E-state index contributed by atoms with van der Waals surface area (Å²) in [5.41, 5.74) is 5.30. The number of carbonyl (C=O) groups is 1. The molecule has 2 aromatic carbocycles. The molecule has 0 spiro atoms. The number of hydrogen-bond donors (Lipinski definition) is 1. The highest BCUT2D eigenvalue weighted by molar-refractivity contribution is 5.56. The van der Waals surface area contributed by atoms with Crippen LogP contribution in [0.25, 0.3) is 0 Å². The van der Waals surface area contributed by atoms with Crippen molar-refractivity contribution in [1.29, 1.82) is 0 Å². The van der Waals surface area contributed by atoms with Crippen molar-refractivity contribution in [3.05, 3.63) is 70.8 Å². The molecule has 2 rings (SSSR count). The molecule has 122 valence electrons. The maximum atomic E-state index is 10.4. The lowest BCUT2D eigenvalue weighted by atomic mass is 9.84. The fourth-order valence-corrected chi connectivity index (χ4v) is 2.95. The van der Waals surface area contributed by atoms with Gasteiger partial charge in [-0.1, -0.05) is 48.5 Å². The van der Waals surface area contributed by atoms with Gasteiger partial charge in [-0.2, -0.15) is 0 Å². The minimum Gasteiger partial charge on any atom is -0.450 e. The molecule has 0 bridgehead atoms. The van der Waals surface area contributed by atoms with E-state index in [0.717, 1.165) is 19.3 Å². The van der Waals surface area contributed by atoms with E-state index in [1.165, 1.54) is 22.3 Å². The van der Waals surface area contributed by atoms with Gasteiger partial charge in [0.2, 0.25) is 0 Å². The first-order valence-electron chi connectivity index (χ1n) is 8.06. The van der Waals surface area contributed by atoms with E-state index in [2.05, 4.69) is 61.0 Å². The Balaban J connectivity index is 2.13. The molecule has 23 heavy (non-hydrogen) atoms. The summed E-state index contributed by atoms with van der Waals surface area (Å²) in [5.74, 6) is 0.334. The van der Waals surface area contributed by atoms with Gasteiger partial charge in [-0.25, -0.2) is 4.79 Å². The van der Waals surface area contributed by atoms with Crippen LogP contribution in [0.5, 0.6) is 0 Å². The average molecular weight is 312 g/mol. The highest BCUT2D eigenvalue weighted by Gasteiger charge is 2.16. The van der Waals surface area contributed by atoms with Gasteiger partial charge >= 0.3 is 6.16 Å². The molecule has 3 nitrogen and oxygen atoms in total. The first kappa shape index (κ1) is 17.1. The van der Waals surface area contributed by atoms with E-state index in [4.69, 9.17) is 5.11 Å². The Kier molecular flexibility index (Phi) is 6.21. The summed E-state index contributed by atoms with van der Waals surface area (Å²) in [6.07, 6.45) is 1.47. The summed E-state index contributed by atoms with van der Waals surface area (Å²) in [6.45, 7) is 4.58. The molecule has 1 atom stereocenters. The SMILES string of the molecule is Cc1cccc(C(CCCCOC(=O)O)c2ccccc2)c1C. The van der Waals surface area contributed by atoms with Crippen LogP contribution in [-0.4, -0.2) is 17.9 Å². The van der Waals surface area contributed by atoms with Crippen LogP contribution in [0, 0.1) is 13.8 Å². The Morgan fingerprint density at radius 2 is 1.78 bits per heavy atom. The average Bonchev–Trinajstić information content (AvgIpc) is 2.55. The fourth-order valence-electron chi connectivity index (χ4n) is 2.95. The minimum absolute atomic E-state index is 0.268. The minimum atomic E-state index is -1.20. The third kappa shape index (κ3) is 4.85. The number of rotatable bonds is 7. The monoisotopic (exact) mass is 312 g/mol. The lowest BCUT2D eigenvalue weighted by molar-refractivity contribution is 0.0899. The number of aryl methyl sites for hydroxylation is 1. The normalized spacial score (nSPS) is 11.9. The van der Waals surface area contributed by atoms with E-state index >= 15 is 0 Å². The van der Waals surface area contributed by atoms with Crippen molar-refractivity contribution in [1.82, 2.24) is 0 Å². The van der Waals surface area contributed by atoms with Crippen LogP contribution in [0.15, 0.2) is 48.5 Å². The van der Waals surface area contributed by atoms with Crippen LogP contribution in [0.3, 0.4) is 0 Å². The molecular formula is C20H24O3. The molecule has 0 aliphatic rings. The van der Waals surface area contributed by atoms with Crippen molar-refractivity contribution in [3.8, 4) is 0 Å². The summed E-state index contributed by atoms with van der Waals surface area (Å²) >= 11 is 0. The molecule has 1 unspecified atom stereocenters. The van der Waals surface area contributed by atoms with Crippen molar-refractivity contribution in [2.45, 2.75) is 39.0 Å². The molecule has 0 amide bonds. The lowest BCUT2D eigenvalue weighted by Gasteiger charge is -2.21. The Labute approximate surface area is 137 Å². The molecule has 0 saturated heterocycles. The van der Waals surface area contributed by atoms with Gasteiger partial charge < -0.3 is 9.84 Å². The highest BCUT2D eigenvalue weighted by atomic mass is 16.7. The van der Waals surface area contributed by atoms with Gasteiger partial charge in [0.25, 0.3) is 0 Å². The molecule has 1 N–H and O–H groups in total. The topological polar surface area (TPSA) is 46.5 Å². The van der Waals surface area contributed by atoms with Crippen LogP contribution in [-0.2, 0) is 4.74 Å². The van der Waals surface area contributed by atoms with Crippen molar-refractivity contribution >= 4 is 6.16 Å². The Bertz CT molecular complexity index is 635. The molecule has 0 aliphatic carbocycles. The summed E-state index contributed by atoms with van der Waals surface area (Å²) in [6, 6.07) is 17.0. The molecule has 0 aromatic heterocycles. The second kappa shape index (κ2) is 8.37. The molecule has 0 heterocycles. The largest absolute Gasteiger partial charge is 0.505 e. The van der Waals surface area contributed by atoms with E-state index in [1.54, 1.807) is 0 Å². The molecule has 0 saturated carbocycles. The Morgan fingerprint density at radius 1 is 1.04 bits per heavy atom. The standard InChI is InChI=1S/C20H24O3/c1-15-9-8-13-18(16(15)2)19(17-10-4-3-5-11-17)12-6-7-14-23-20(21)22/h3-5,8-11,13,19H,6-7,12,14H2,1-2H3,(H,21,22). The number of benzene rings is 2. The van der Waals surface area contributed by atoms with Crippen LogP contribution >= 0.6 is 0 Å². The molecule has 0 aliphatic heterocycles. The Hall–Kier alpha value is -2.29. The first-order valence-corrected chi connectivity index (χ1v) is 8.06. The number of ether oxygens (including phenoxy) is 1. The predicted octanol–water partition coefficient (Wildman–Crippen LogP) is 5.30. The van der Waals surface area contributed by atoms with E-state index < -0.39 is 6.16 Å². The number of hydrogen-bond acceptors (Lipinski definition) is 2. The second-order valence-electron chi connectivity index (χ2n) is 5.86. The highest BCUT2D eigenvalue weighted by Crippen LogP contribution is 2.32. The van der Waals surface area contributed by atoms with Crippen LogP contribution in [0.1, 0.15) is 47.4 Å². The summed E-state index contributed by atoms with van der Waals surface area (Å²) in [7, 11) is 0.